The fourth-order valence-corrected chi connectivity index (χ4v) is 3.31. The van der Waals surface area contributed by atoms with Crippen molar-refractivity contribution in [1.29, 1.82) is 0 Å². The molecule has 0 aromatic heterocycles. The number of amides is 1. The number of hydrogen-bond donors (Lipinski definition) is 4. The summed E-state index contributed by atoms with van der Waals surface area (Å²) in [4.78, 5) is 11.6. The summed E-state index contributed by atoms with van der Waals surface area (Å²) in [7, 11) is 1.49. The highest BCUT2D eigenvalue weighted by atomic mass is 19.4. The van der Waals surface area contributed by atoms with E-state index >= 15 is 0 Å². The molecule has 3 rings (SSSR count). The van der Waals surface area contributed by atoms with Crippen molar-refractivity contribution in [3.63, 3.8) is 0 Å². The van der Waals surface area contributed by atoms with E-state index in [-0.39, 0.29) is 23.6 Å². The van der Waals surface area contributed by atoms with E-state index in [2.05, 4.69) is 10.1 Å². The third-order valence-corrected chi connectivity index (χ3v) is 4.84. The first-order chi connectivity index (χ1) is 15.1. The maximum atomic E-state index is 12.9. The predicted octanol–water partition coefficient (Wildman–Crippen LogP) is 2.28. The SMILES string of the molecule is CNC(=O)c1ccc(Oc2ccc(OC(F)(F)F)c([C@H]3OC(CO)C[C@H](O)[C@@H]3O)c2)cc1. The summed E-state index contributed by atoms with van der Waals surface area (Å²) in [6.45, 7) is -0.496. The third-order valence-electron chi connectivity index (χ3n) is 4.84. The third kappa shape index (κ3) is 5.68. The van der Waals surface area contributed by atoms with Crippen molar-refractivity contribution in [3.8, 4) is 17.2 Å². The Bertz CT molecular complexity index is 936. The molecule has 0 aliphatic carbocycles. The average Bonchev–Trinajstić information content (AvgIpc) is 2.75. The van der Waals surface area contributed by atoms with Crippen LogP contribution in [0.3, 0.4) is 0 Å². The van der Waals surface area contributed by atoms with Crippen molar-refractivity contribution in [3.05, 3.63) is 53.6 Å². The standard InChI is InChI=1S/C21H22F3NO7/c1-25-20(29)11-2-4-12(5-3-11)30-13-6-7-17(32-21(22,23)24)15(8-13)19-18(28)16(27)9-14(10-26)31-19/h2-8,14,16,18-19,26-28H,9-10H2,1H3,(H,25,29)/t14?,16-,18-,19+/m0/s1. The van der Waals surface area contributed by atoms with Crippen molar-refractivity contribution in [2.24, 2.45) is 0 Å². The van der Waals surface area contributed by atoms with Gasteiger partial charge in [-0.15, -0.1) is 13.2 Å². The van der Waals surface area contributed by atoms with Gasteiger partial charge in [0.25, 0.3) is 5.91 Å². The van der Waals surface area contributed by atoms with Gasteiger partial charge in [0.05, 0.1) is 18.8 Å². The molecule has 4 N–H and O–H groups in total. The van der Waals surface area contributed by atoms with Crippen LogP contribution < -0.4 is 14.8 Å². The summed E-state index contributed by atoms with van der Waals surface area (Å²) < 4.78 is 54.0. The lowest BCUT2D eigenvalue weighted by molar-refractivity contribution is -0.275. The lowest BCUT2D eigenvalue weighted by atomic mass is 9.92. The van der Waals surface area contributed by atoms with Gasteiger partial charge in [-0.05, 0) is 42.5 Å². The summed E-state index contributed by atoms with van der Waals surface area (Å²) in [5, 5.41) is 32.2. The van der Waals surface area contributed by atoms with Crippen LogP contribution in [-0.2, 0) is 4.74 Å². The van der Waals surface area contributed by atoms with Gasteiger partial charge in [0, 0.05) is 24.6 Å². The van der Waals surface area contributed by atoms with Crippen LogP contribution in [0.4, 0.5) is 13.2 Å². The minimum absolute atomic E-state index is 0.0858. The maximum absolute atomic E-state index is 12.9. The van der Waals surface area contributed by atoms with Crippen LogP contribution in [0.5, 0.6) is 17.2 Å². The van der Waals surface area contributed by atoms with Crippen LogP contribution in [0.15, 0.2) is 42.5 Å². The fourth-order valence-electron chi connectivity index (χ4n) is 3.31. The molecule has 4 atom stereocenters. The maximum Gasteiger partial charge on any atom is 0.573 e. The van der Waals surface area contributed by atoms with Crippen molar-refractivity contribution in [1.82, 2.24) is 5.32 Å². The molecule has 0 spiro atoms. The first-order valence-electron chi connectivity index (χ1n) is 9.63. The Labute approximate surface area is 181 Å². The molecule has 11 heteroatoms. The molecule has 2 aromatic carbocycles. The molecule has 1 amide bonds. The number of benzene rings is 2. The Morgan fingerprint density at radius 2 is 1.81 bits per heavy atom. The highest BCUT2D eigenvalue weighted by molar-refractivity contribution is 5.94. The number of halogens is 3. The van der Waals surface area contributed by atoms with Gasteiger partial charge in [0.2, 0.25) is 0 Å². The first-order valence-corrected chi connectivity index (χ1v) is 9.63. The van der Waals surface area contributed by atoms with Gasteiger partial charge in [0.1, 0.15) is 29.5 Å². The molecule has 174 valence electrons. The Hall–Kier alpha value is -2.86. The van der Waals surface area contributed by atoms with E-state index in [1.54, 1.807) is 0 Å². The molecule has 1 heterocycles. The minimum atomic E-state index is -5.01. The Morgan fingerprint density at radius 3 is 2.41 bits per heavy atom. The predicted molar refractivity (Wildman–Crippen MR) is 104 cm³/mol. The van der Waals surface area contributed by atoms with Gasteiger partial charge < -0.3 is 34.8 Å². The van der Waals surface area contributed by atoms with Crippen LogP contribution in [0.2, 0.25) is 0 Å². The molecule has 8 nitrogen and oxygen atoms in total. The molecule has 0 radical (unpaired) electrons. The van der Waals surface area contributed by atoms with E-state index in [0.29, 0.717) is 11.3 Å². The average molecular weight is 457 g/mol. The number of rotatable bonds is 6. The molecule has 32 heavy (non-hydrogen) atoms. The lowest BCUT2D eigenvalue weighted by Crippen LogP contribution is -2.44. The molecule has 1 unspecified atom stereocenters. The molecule has 2 aromatic rings. The fraction of sp³-hybridized carbons (Fsp3) is 0.381. The second kappa shape index (κ2) is 9.74. The number of aliphatic hydroxyl groups is 3. The molecular formula is C21H22F3NO7. The van der Waals surface area contributed by atoms with E-state index < -0.39 is 43.1 Å². The van der Waals surface area contributed by atoms with Crippen molar-refractivity contribution >= 4 is 5.91 Å². The monoisotopic (exact) mass is 457 g/mol. The van der Waals surface area contributed by atoms with E-state index in [1.165, 1.54) is 43.4 Å². The molecule has 1 aliphatic heterocycles. The Kier molecular flexibility index (Phi) is 7.24. The largest absolute Gasteiger partial charge is 0.573 e. The summed E-state index contributed by atoms with van der Waals surface area (Å²) >= 11 is 0. The minimum Gasteiger partial charge on any atom is -0.457 e. The van der Waals surface area contributed by atoms with Crippen LogP contribution >= 0.6 is 0 Å². The van der Waals surface area contributed by atoms with Crippen LogP contribution in [-0.4, -0.2) is 59.6 Å². The second-order valence-corrected chi connectivity index (χ2v) is 7.11. The van der Waals surface area contributed by atoms with Crippen molar-refractivity contribution in [2.75, 3.05) is 13.7 Å². The first kappa shape index (κ1) is 23.8. The molecule has 1 fully saturated rings. The zero-order chi connectivity index (χ0) is 23.5. The van der Waals surface area contributed by atoms with Gasteiger partial charge in [0.15, 0.2) is 0 Å². The van der Waals surface area contributed by atoms with Gasteiger partial charge in [-0.25, -0.2) is 0 Å². The molecule has 1 aliphatic rings. The molecular weight excluding hydrogens is 435 g/mol. The summed E-state index contributed by atoms with van der Waals surface area (Å²) in [6.07, 6.45) is -10.3. The van der Waals surface area contributed by atoms with Gasteiger partial charge >= 0.3 is 6.36 Å². The summed E-state index contributed by atoms with van der Waals surface area (Å²) in [5.74, 6) is -0.548. The number of carbonyl (C=O) groups is 1. The Morgan fingerprint density at radius 1 is 1.16 bits per heavy atom. The smallest absolute Gasteiger partial charge is 0.457 e. The van der Waals surface area contributed by atoms with Crippen molar-refractivity contribution in [2.45, 2.75) is 37.2 Å². The topological polar surface area (TPSA) is 117 Å². The Balaban J connectivity index is 1.93. The van der Waals surface area contributed by atoms with E-state index in [4.69, 9.17) is 9.47 Å². The number of hydrogen-bond acceptors (Lipinski definition) is 7. The number of nitrogens with one attached hydrogen (secondary N) is 1. The normalized spacial score (nSPS) is 23.5. The summed E-state index contributed by atoms with van der Waals surface area (Å²) in [5.41, 5.74) is 0.170. The van der Waals surface area contributed by atoms with Crippen LogP contribution in [0.1, 0.15) is 28.4 Å². The number of ether oxygens (including phenoxy) is 3. The highest BCUT2D eigenvalue weighted by Gasteiger charge is 2.41. The second-order valence-electron chi connectivity index (χ2n) is 7.11. The number of alkyl halides is 3. The zero-order valence-electron chi connectivity index (χ0n) is 16.9. The molecule has 1 saturated heterocycles. The van der Waals surface area contributed by atoms with Gasteiger partial charge in [-0.2, -0.15) is 0 Å². The quantitative estimate of drug-likeness (QED) is 0.526. The zero-order valence-corrected chi connectivity index (χ0v) is 16.9. The molecule has 0 saturated carbocycles. The van der Waals surface area contributed by atoms with E-state index in [1.807, 2.05) is 0 Å². The lowest BCUT2D eigenvalue weighted by Gasteiger charge is -2.37. The van der Waals surface area contributed by atoms with Gasteiger partial charge in [-0.1, -0.05) is 0 Å². The van der Waals surface area contributed by atoms with Crippen molar-refractivity contribution < 1.29 is 47.5 Å². The van der Waals surface area contributed by atoms with Crippen LogP contribution in [0.25, 0.3) is 0 Å². The van der Waals surface area contributed by atoms with E-state index in [9.17, 15) is 33.3 Å². The van der Waals surface area contributed by atoms with Crippen LogP contribution in [0, 0.1) is 0 Å². The molecule has 0 bridgehead atoms. The van der Waals surface area contributed by atoms with Gasteiger partial charge in [-0.3, -0.25) is 4.79 Å². The summed E-state index contributed by atoms with van der Waals surface area (Å²) in [6, 6.07) is 9.44. The number of carbonyl (C=O) groups excluding carboxylic acids is 1. The van der Waals surface area contributed by atoms with E-state index in [0.717, 1.165) is 6.07 Å². The highest BCUT2D eigenvalue weighted by Crippen LogP contribution is 2.41. The number of aliphatic hydroxyl groups excluding tert-OH is 3.